The van der Waals surface area contributed by atoms with E-state index in [9.17, 15) is 18.3 Å². The van der Waals surface area contributed by atoms with Crippen LogP contribution in [0.15, 0.2) is 24.3 Å². The second kappa shape index (κ2) is 8.27. The number of hydrogen-bond acceptors (Lipinski definition) is 2. The van der Waals surface area contributed by atoms with Crippen LogP contribution in [-0.4, -0.2) is 18.2 Å². The number of aliphatic hydroxyl groups is 1. The van der Waals surface area contributed by atoms with E-state index in [0.717, 1.165) is 31.5 Å². The van der Waals surface area contributed by atoms with Gasteiger partial charge in [0, 0.05) is 6.54 Å². The molecule has 0 aliphatic heterocycles. The summed E-state index contributed by atoms with van der Waals surface area (Å²) in [5, 5.41) is 13.0. The van der Waals surface area contributed by atoms with Gasteiger partial charge in [0.25, 0.3) is 0 Å². The first kappa shape index (κ1) is 17.0. The van der Waals surface area contributed by atoms with Gasteiger partial charge in [0.1, 0.15) is 0 Å². The summed E-state index contributed by atoms with van der Waals surface area (Å²) < 4.78 is 37.2. The van der Waals surface area contributed by atoms with E-state index in [1.807, 2.05) is 0 Å². The van der Waals surface area contributed by atoms with Gasteiger partial charge in [-0.25, -0.2) is 0 Å². The van der Waals surface area contributed by atoms with Gasteiger partial charge < -0.3 is 10.4 Å². The van der Waals surface area contributed by atoms with Crippen molar-refractivity contribution in [2.45, 2.75) is 44.9 Å². The fraction of sp³-hybridized carbons (Fsp3) is 0.600. The molecule has 0 saturated carbocycles. The maximum Gasteiger partial charge on any atom is 0.416 e. The maximum atomic E-state index is 12.4. The lowest BCUT2D eigenvalue weighted by Crippen LogP contribution is -2.22. The van der Waals surface area contributed by atoms with Gasteiger partial charge in [-0.1, -0.05) is 38.3 Å². The van der Waals surface area contributed by atoms with Gasteiger partial charge in [-0.15, -0.1) is 0 Å². The summed E-state index contributed by atoms with van der Waals surface area (Å²) in [7, 11) is 0. The Morgan fingerprint density at radius 3 is 2.30 bits per heavy atom. The molecule has 2 N–H and O–H groups in total. The molecule has 0 saturated heterocycles. The number of halogens is 3. The van der Waals surface area contributed by atoms with Gasteiger partial charge in [0.15, 0.2) is 0 Å². The molecule has 0 bridgehead atoms. The number of benzene rings is 1. The zero-order valence-electron chi connectivity index (χ0n) is 11.7. The highest BCUT2D eigenvalue weighted by atomic mass is 19.4. The first-order chi connectivity index (χ1) is 9.45. The Morgan fingerprint density at radius 2 is 1.75 bits per heavy atom. The molecule has 1 atom stereocenters. The highest BCUT2D eigenvalue weighted by Crippen LogP contribution is 2.29. The summed E-state index contributed by atoms with van der Waals surface area (Å²) in [6.45, 7) is 3.32. The van der Waals surface area contributed by atoms with E-state index in [-0.39, 0.29) is 0 Å². The molecular weight excluding hydrogens is 267 g/mol. The van der Waals surface area contributed by atoms with Gasteiger partial charge in [-0.05, 0) is 30.7 Å². The van der Waals surface area contributed by atoms with Crippen molar-refractivity contribution >= 4 is 0 Å². The van der Waals surface area contributed by atoms with Gasteiger partial charge in [-0.2, -0.15) is 13.2 Å². The van der Waals surface area contributed by atoms with Crippen LogP contribution in [0.5, 0.6) is 0 Å². The highest BCUT2D eigenvalue weighted by molar-refractivity contribution is 5.26. The third-order valence-corrected chi connectivity index (χ3v) is 3.17. The van der Waals surface area contributed by atoms with Crippen molar-refractivity contribution in [1.29, 1.82) is 0 Å². The van der Waals surface area contributed by atoms with Gasteiger partial charge in [-0.3, -0.25) is 0 Å². The van der Waals surface area contributed by atoms with Crippen LogP contribution in [0.25, 0.3) is 0 Å². The molecule has 0 amide bonds. The monoisotopic (exact) mass is 289 g/mol. The van der Waals surface area contributed by atoms with Gasteiger partial charge in [0.2, 0.25) is 0 Å². The SMILES string of the molecule is CCCCCCNCC(O)c1ccc(C(F)(F)F)cc1. The van der Waals surface area contributed by atoms with Crippen molar-refractivity contribution in [3.8, 4) is 0 Å². The molecule has 5 heteroatoms. The quantitative estimate of drug-likeness (QED) is 0.711. The Bertz CT molecular complexity index is 376. The molecule has 20 heavy (non-hydrogen) atoms. The second-order valence-electron chi connectivity index (χ2n) is 4.90. The van der Waals surface area contributed by atoms with E-state index in [1.165, 1.54) is 25.0 Å². The second-order valence-corrected chi connectivity index (χ2v) is 4.90. The first-order valence-electron chi connectivity index (χ1n) is 7.01. The topological polar surface area (TPSA) is 32.3 Å². The molecule has 0 fully saturated rings. The lowest BCUT2D eigenvalue weighted by molar-refractivity contribution is -0.137. The summed E-state index contributed by atoms with van der Waals surface area (Å²) in [5.74, 6) is 0. The predicted molar refractivity (Wildman–Crippen MR) is 73.4 cm³/mol. The van der Waals surface area contributed by atoms with Crippen LogP contribution in [0.2, 0.25) is 0 Å². The Balaban J connectivity index is 2.34. The molecule has 0 spiro atoms. The lowest BCUT2D eigenvalue weighted by Gasteiger charge is -2.13. The van der Waals surface area contributed by atoms with E-state index in [4.69, 9.17) is 0 Å². The third kappa shape index (κ3) is 5.92. The van der Waals surface area contributed by atoms with E-state index in [2.05, 4.69) is 12.2 Å². The number of alkyl halides is 3. The Hall–Kier alpha value is -1.07. The molecule has 1 aromatic carbocycles. The van der Waals surface area contributed by atoms with E-state index in [1.54, 1.807) is 0 Å². The van der Waals surface area contributed by atoms with Crippen molar-refractivity contribution < 1.29 is 18.3 Å². The van der Waals surface area contributed by atoms with Crippen LogP contribution < -0.4 is 5.32 Å². The minimum atomic E-state index is -4.33. The third-order valence-electron chi connectivity index (χ3n) is 3.17. The lowest BCUT2D eigenvalue weighted by atomic mass is 10.1. The molecule has 0 aliphatic rings. The van der Waals surface area contributed by atoms with Crippen LogP contribution in [0.3, 0.4) is 0 Å². The predicted octanol–water partition coefficient (Wildman–Crippen LogP) is 3.91. The van der Waals surface area contributed by atoms with E-state index in [0.29, 0.717) is 12.1 Å². The van der Waals surface area contributed by atoms with Crippen molar-refractivity contribution in [3.63, 3.8) is 0 Å². The molecule has 1 rings (SSSR count). The smallest absolute Gasteiger partial charge is 0.387 e. The summed E-state index contributed by atoms with van der Waals surface area (Å²) in [4.78, 5) is 0. The summed E-state index contributed by atoms with van der Waals surface area (Å²) in [5.41, 5.74) is -0.194. The zero-order valence-corrected chi connectivity index (χ0v) is 11.7. The number of hydrogen-bond donors (Lipinski definition) is 2. The Kier molecular flexibility index (Phi) is 7.02. The summed E-state index contributed by atoms with van der Waals surface area (Å²) in [6, 6.07) is 4.65. The van der Waals surface area contributed by atoms with Crippen LogP contribution in [-0.2, 0) is 6.18 Å². The van der Waals surface area contributed by atoms with Crippen molar-refractivity contribution in [3.05, 3.63) is 35.4 Å². The molecule has 114 valence electrons. The molecular formula is C15H22F3NO. The molecule has 0 radical (unpaired) electrons. The number of aliphatic hydroxyl groups excluding tert-OH is 1. The largest absolute Gasteiger partial charge is 0.416 e. The summed E-state index contributed by atoms with van der Waals surface area (Å²) >= 11 is 0. The van der Waals surface area contributed by atoms with Crippen LogP contribution in [0.4, 0.5) is 13.2 Å². The molecule has 0 heterocycles. The van der Waals surface area contributed by atoms with Crippen LogP contribution in [0, 0.1) is 0 Å². The van der Waals surface area contributed by atoms with Crippen LogP contribution in [0.1, 0.15) is 49.8 Å². The Labute approximate surface area is 118 Å². The first-order valence-corrected chi connectivity index (χ1v) is 7.01. The highest BCUT2D eigenvalue weighted by Gasteiger charge is 2.30. The van der Waals surface area contributed by atoms with Gasteiger partial charge >= 0.3 is 6.18 Å². The fourth-order valence-electron chi connectivity index (χ4n) is 1.93. The number of unbranched alkanes of at least 4 members (excludes halogenated alkanes) is 3. The fourth-order valence-corrected chi connectivity index (χ4v) is 1.93. The standard InChI is InChI=1S/C15H22F3NO/c1-2-3-4-5-10-19-11-14(20)12-6-8-13(9-7-12)15(16,17)18/h6-9,14,19-20H,2-5,10-11H2,1H3. The zero-order chi connectivity index (χ0) is 15.0. The minimum Gasteiger partial charge on any atom is -0.387 e. The van der Waals surface area contributed by atoms with E-state index >= 15 is 0 Å². The average Bonchev–Trinajstić information content (AvgIpc) is 2.41. The van der Waals surface area contributed by atoms with Crippen molar-refractivity contribution in [2.75, 3.05) is 13.1 Å². The average molecular weight is 289 g/mol. The minimum absolute atomic E-state index is 0.359. The normalized spacial score (nSPS) is 13.4. The molecule has 0 aromatic heterocycles. The maximum absolute atomic E-state index is 12.4. The molecule has 0 aliphatic carbocycles. The number of nitrogens with one attached hydrogen (secondary N) is 1. The van der Waals surface area contributed by atoms with Gasteiger partial charge in [0.05, 0.1) is 11.7 Å². The molecule has 2 nitrogen and oxygen atoms in total. The Morgan fingerprint density at radius 1 is 1.10 bits per heavy atom. The van der Waals surface area contributed by atoms with E-state index < -0.39 is 17.8 Å². The van der Waals surface area contributed by atoms with Crippen molar-refractivity contribution in [1.82, 2.24) is 5.32 Å². The number of rotatable bonds is 8. The van der Waals surface area contributed by atoms with Crippen molar-refractivity contribution in [2.24, 2.45) is 0 Å². The van der Waals surface area contributed by atoms with Crippen LogP contribution >= 0.6 is 0 Å². The summed E-state index contributed by atoms with van der Waals surface area (Å²) in [6.07, 6.45) is -0.533. The molecule has 1 unspecified atom stereocenters. The molecule has 1 aromatic rings.